The molecule has 1 N–H and O–H groups in total. The summed E-state index contributed by atoms with van der Waals surface area (Å²) >= 11 is 1.68. The number of hydrogen-bond acceptors (Lipinski definition) is 4. The molecule has 4 heteroatoms. The van der Waals surface area contributed by atoms with Crippen molar-refractivity contribution in [2.24, 2.45) is 5.41 Å². The van der Waals surface area contributed by atoms with E-state index in [0.717, 1.165) is 39.2 Å². The van der Waals surface area contributed by atoms with E-state index in [2.05, 4.69) is 62.2 Å². The molecule has 2 aliphatic rings. The summed E-state index contributed by atoms with van der Waals surface area (Å²) in [5.41, 5.74) is 6.95. The molecule has 190 valence electrons. The van der Waals surface area contributed by atoms with Crippen molar-refractivity contribution in [2.75, 3.05) is 7.11 Å². The number of pyridine rings is 1. The number of aromatic nitrogens is 1. The number of methoxy groups -OCH3 is 1. The fourth-order valence-corrected chi connectivity index (χ4v) is 7.96. The van der Waals surface area contributed by atoms with Crippen molar-refractivity contribution < 1.29 is 9.84 Å². The third kappa shape index (κ3) is 3.67. The molecule has 4 aromatic rings. The Balaban J connectivity index is 1.57. The van der Waals surface area contributed by atoms with Crippen LogP contribution < -0.4 is 4.74 Å². The van der Waals surface area contributed by atoms with E-state index in [4.69, 9.17) is 4.74 Å². The predicted molar refractivity (Wildman–Crippen MR) is 153 cm³/mol. The van der Waals surface area contributed by atoms with E-state index < -0.39 is 0 Å². The summed E-state index contributed by atoms with van der Waals surface area (Å²) in [7, 11) is 1.70. The van der Waals surface area contributed by atoms with Crippen LogP contribution >= 0.6 is 11.8 Å². The van der Waals surface area contributed by atoms with Gasteiger partial charge in [-0.3, -0.25) is 4.98 Å². The van der Waals surface area contributed by atoms with E-state index in [0.29, 0.717) is 11.2 Å². The molecule has 0 saturated heterocycles. The van der Waals surface area contributed by atoms with Crippen molar-refractivity contribution in [3.8, 4) is 22.6 Å². The molecule has 1 saturated carbocycles. The number of ether oxygens (including phenoxy) is 1. The first-order valence-corrected chi connectivity index (χ1v) is 14.3. The molecule has 1 heterocycles. The first-order chi connectivity index (χ1) is 17.9. The zero-order chi connectivity index (χ0) is 25.8. The zero-order valence-corrected chi connectivity index (χ0v) is 23.0. The van der Waals surface area contributed by atoms with Gasteiger partial charge in [0.15, 0.2) is 0 Å². The third-order valence-electron chi connectivity index (χ3n) is 9.50. The summed E-state index contributed by atoms with van der Waals surface area (Å²) in [6.07, 6.45) is 11.0. The van der Waals surface area contributed by atoms with E-state index in [1.54, 1.807) is 18.9 Å². The summed E-state index contributed by atoms with van der Waals surface area (Å²) < 4.78 is 5.81. The number of phenolic OH excluding ortho intramolecular Hbond substituents is 1. The number of phenols is 1. The average molecular weight is 510 g/mol. The fourth-order valence-electron chi connectivity index (χ4n) is 6.96. The number of hydrogen-bond donors (Lipinski definition) is 1. The van der Waals surface area contributed by atoms with Gasteiger partial charge in [0.05, 0.1) is 12.0 Å². The van der Waals surface area contributed by atoms with Gasteiger partial charge in [-0.1, -0.05) is 62.7 Å². The Morgan fingerprint density at radius 1 is 0.919 bits per heavy atom. The minimum absolute atomic E-state index is 0.0292. The summed E-state index contributed by atoms with van der Waals surface area (Å²) in [5, 5.41) is 13.3. The number of fused-ring (bicyclic) bond motifs is 7. The molecular weight excluding hydrogens is 474 g/mol. The van der Waals surface area contributed by atoms with Crippen molar-refractivity contribution >= 4 is 22.5 Å². The lowest BCUT2D eigenvalue weighted by Gasteiger charge is -2.45. The summed E-state index contributed by atoms with van der Waals surface area (Å²) in [4.78, 5) is 6.49. The number of rotatable bonds is 5. The number of aryl methyl sites for hydroxylation is 1. The lowest BCUT2D eigenvalue weighted by Crippen LogP contribution is -2.36. The second kappa shape index (κ2) is 9.09. The van der Waals surface area contributed by atoms with Gasteiger partial charge in [0.2, 0.25) is 0 Å². The number of aromatic hydroxyl groups is 1. The van der Waals surface area contributed by atoms with E-state index >= 15 is 0 Å². The van der Waals surface area contributed by atoms with Crippen LogP contribution in [0.1, 0.15) is 69.1 Å². The Bertz CT molecular complexity index is 1490. The van der Waals surface area contributed by atoms with Gasteiger partial charge < -0.3 is 9.84 Å². The quantitative estimate of drug-likeness (QED) is 0.291. The van der Waals surface area contributed by atoms with Crippen molar-refractivity contribution in [1.82, 2.24) is 4.98 Å². The molecule has 37 heavy (non-hydrogen) atoms. The van der Waals surface area contributed by atoms with E-state index in [1.807, 2.05) is 24.5 Å². The minimum Gasteiger partial charge on any atom is -0.507 e. The molecule has 1 spiro atoms. The van der Waals surface area contributed by atoms with Crippen LogP contribution in [0.25, 0.3) is 21.9 Å². The predicted octanol–water partition coefficient (Wildman–Crippen LogP) is 9.06. The molecule has 0 atom stereocenters. The zero-order valence-electron chi connectivity index (χ0n) is 22.2. The first-order valence-electron chi connectivity index (χ1n) is 13.5. The third-order valence-corrected chi connectivity index (χ3v) is 10.7. The van der Waals surface area contributed by atoms with E-state index in [1.165, 1.54) is 53.5 Å². The second-order valence-electron chi connectivity index (χ2n) is 10.9. The van der Waals surface area contributed by atoms with Crippen molar-refractivity contribution in [3.05, 3.63) is 77.6 Å². The van der Waals surface area contributed by atoms with Crippen LogP contribution in [0.5, 0.6) is 11.5 Å². The van der Waals surface area contributed by atoms with Crippen LogP contribution in [0.2, 0.25) is 0 Å². The summed E-state index contributed by atoms with van der Waals surface area (Å²) in [5.74, 6) is 1.11. The fraction of sp³-hybridized carbons (Fsp3) is 0.364. The highest BCUT2D eigenvalue weighted by Gasteiger charge is 2.49. The van der Waals surface area contributed by atoms with Crippen LogP contribution in [0.4, 0.5) is 0 Å². The van der Waals surface area contributed by atoms with Gasteiger partial charge in [0, 0.05) is 28.1 Å². The van der Waals surface area contributed by atoms with Crippen LogP contribution in [0.3, 0.4) is 0 Å². The molecule has 1 fully saturated rings. The van der Waals surface area contributed by atoms with Crippen LogP contribution in [0.15, 0.2) is 70.7 Å². The monoisotopic (exact) mass is 509 g/mol. The topological polar surface area (TPSA) is 42.4 Å². The Kier molecular flexibility index (Phi) is 5.99. The van der Waals surface area contributed by atoms with Crippen LogP contribution in [-0.2, 0) is 5.41 Å². The highest BCUT2D eigenvalue weighted by atomic mass is 32.2. The van der Waals surface area contributed by atoms with Gasteiger partial charge in [0.25, 0.3) is 0 Å². The SMILES string of the molecule is CCC1(CC)CCC2(CC1)c1ccccc1-c1c2cc(O)c2cc(OC)c(Sc3cnccc3C)cc12. The highest BCUT2D eigenvalue weighted by Crippen LogP contribution is 2.62. The normalized spacial score (nSPS) is 17.1. The number of benzene rings is 3. The van der Waals surface area contributed by atoms with Gasteiger partial charge in [-0.25, -0.2) is 0 Å². The van der Waals surface area contributed by atoms with Crippen molar-refractivity contribution in [3.63, 3.8) is 0 Å². The molecule has 2 aliphatic carbocycles. The van der Waals surface area contributed by atoms with Gasteiger partial charge in [0.1, 0.15) is 11.5 Å². The van der Waals surface area contributed by atoms with Gasteiger partial charge in [-0.2, -0.15) is 0 Å². The first kappa shape index (κ1) is 24.4. The summed E-state index contributed by atoms with van der Waals surface area (Å²) in [6, 6.07) is 17.3. The Labute approximate surface area is 224 Å². The molecule has 0 amide bonds. The average Bonchev–Trinajstić information content (AvgIpc) is 3.20. The molecule has 3 aromatic carbocycles. The standard InChI is InChI=1S/C33H35NO2S/c1-5-32(6-2)12-14-33(15-13-32)25-10-8-7-9-22(25)31-24-18-29(37-30-20-34-16-11-21(30)3)28(36-4)17-23(24)27(35)19-26(31)33/h7-11,16-20,35H,5-6,12-15H2,1-4H3. The maximum absolute atomic E-state index is 11.4. The molecule has 3 nitrogen and oxygen atoms in total. The van der Waals surface area contributed by atoms with E-state index in [9.17, 15) is 5.11 Å². The van der Waals surface area contributed by atoms with Crippen molar-refractivity contribution in [2.45, 2.75) is 74.5 Å². The van der Waals surface area contributed by atoms with Gasteiger partial charge >= 0.3 is 0 Å². The molecule has 0 radical (unpaired) electrons. The Hall–Kier alpha value is -2.98. The largest absolute Gasteiger partial charge is 0.507 e. The second-order valence-corrected chi connectivity index (χ2v) is 12.0. The molecular formula is C33H35NO2S. The van der Waals surface area contributed by atoms with Gasteiger partial charge in [-0.15, -0.1) is 0 Å². The molecule has 1 aromatic heterocycles. The smallest absolute Gasteiger partial charge is 0.133 e. The lowest BCUT2D eigenvalue weighted by molar-refractivity contribution is 0.133. The van der Waals surface area contributed by atoms with Crippen LogP contribution in [-0.4, -0.2) is 17.2 Å². The highest BCUT2D eigenvalue weighted by molar-refractivity contribution is 7.99. The summed E-state index contributed by atoms with van der Waals surface area (Å²) in [6.45, 7) is 6.82. The van der Waals surface area contributed by atoms with Crippen LogP contribution in [0, 0.1) is 12.3 Å². The van der Waals surface area contributed by atoms with Gasteiger partial charge in [-0.05, 0) is 95.5 Å². The van der Waals surface area contributed by atoms with Crippen molar-refractivity contribution in [1.29, 1.82) is 0 Å². The lowest BCUT2D eigenvalue weighted by atomic mass is 9.58. The Morgan fingerprint density at radius 2 is 1.68 bits per heavy atom. The minimum atomic E-state index is -0.0292. The molecule has 0 bridgehead atoms. The maximum atomic E-state index is 11.4. The Morgan fingerprint density at radius 3 is 2.38 bits per heavy atom. The molecule has 0 unspecified atom stereocenters. The van der Waals surface area contributed by atoms with E-state index in [-0.39, 0.29) is 5.41 Å². The number of nitrogens with zero attached hydrogens (tertiary/aromatic N) is 1. The molecule has 0 aliphatic heterocycles. The molecule has 6 rings (SSSR count). The maximum Gasteiger partial charge on any atom is 0.133 e.